The number of anilines is 2. The monoisotopic (exact) mass is 435 g/mol. The normalized spacial score (nSPS) is 13.9. The van der Waals surface area contributed by atoms with Crippen molar-refractivity contribution >= 4 is 35.0 Å². The van der Waals surface area contributed by atoms with Gasteiger partial charge in [-0.25, -0.2) is 0 Å². The topological polar surface area (TPSA) is 61.9 Å². The lowest BCUT2D eigenvalue weighted by molar-refractivity contribution is -0.116. The second kappa shape index (κ2) is 10.4. The lowest BCUT2D eigenvalue weighted by Gasteiger charge is -2.28. The molecule has 6 nitrogen and oxygen atoms in total. The summed E-state index contributed by atoms with van der Waals surface area (Å²) >= 11 is 0.418. The number of likely N-dealkylation sites (N-methyl/N-ethyl adjacent to an activating group) is 1. The minimum absolute atomic E-state index is 0.127. The van der Waals surface area contributed by atoms with Gasteiger partial charge in [0, 0.05) is 42.0 Å². The van der Waals surface area contributed by atoms with Gasteiger partial charge in [-0.15, -0.1) is 0 Å². The molecule has 1 fully saturated rings. The van der Waals surface area contributed by atoms with Gasteiger partial charge in [0.1, 0.15) is 0 Å². The summed E-state index contributed by atoms with van der Waals surface area (Å²) in [5.74, 6) is -3.20. The van der Waals surface area contributed by atoms with Crippen LogP contribution >= 0.6 is 11.8 Å². The number of nitrogens with one attached hydrogen (secondary N) is 1. The third-order valence-electron chi connectivity index (χ3n) is 4.58. The van der Waals surface area contributed by atoms with Crippen LogP contribution in [0.2, 0.25) is 0 Å². The van der Waals surface area contributed by atoms with Gasteiger partial charge in [0.05, 0.1) is 19.8 Å². The number of halogens is 2. The maximum Gasteiger partial charge on any atom is 0.288 e. The van der Waals surface area contributed by atoms with E-state index in [0.717, 1.165) is 18.8 Å². The zero-order chi connectivity index (χ0) is 21.5. The van der Waals surface area contributed by atoms with Crippen LogP contribution in [0.3, 0.4) is 0 Å². The first-order valence-corrected chi connectivity index (χ1v) is 10.3. The molecular formula is C21H23F2N3O3S. The SMILES string of the molecule is CN(CC(=O)Nc1ccc(N2CCOCC2)cc1)C(=O)c1ccc(SC(F)F)cc1. The molecule has 0 atom stereocenters. The van der Waals surface area contributed by atoms with Crippen LogP contribution in [-0.4, -0.2) is 62.4 Å². The van der Waals surface area contributed by atoms with Gasteiger partial charge >= 0.3 is 0 Å². The highest BCUT2D eigenvalue weighted by Gasteiger charge is 2.16. The number of hydrogen-bond acceptors (Lipinski definition) is 5. The summed E-state index contributed by atoms with van der Waals surface area (Å²) in [4.78, 5) is 28.6. The van der Waals surface area contributed by atoms with Gasteiger partial charge in [0.25, 0.3) is 11.7 Å². The van der Waals surface area contributed by atoms with Crippen molar-refractivity contribution < 1.29 is 23.1 Å². The number of morpholine rings is 1. The van der Waals surface area contributed by atoms with Gasteiger partial charge in [-0.2, -0.15) is 8.78 Å². The van der Waals surface area contributed by atoms with Crippen molar-refractivity contribution in [3.05, 3.63) is 54.1 Å². The molecule has 0 spiro atoms. The summed E-state index contributed by atoms with van der Waals surface area (Å²) in [7, 11) is 1.52. The van der Waals surface area contributed by atoms with E-state index in [2.05, 4.69) is 10.2 Å². The Morgan fingerprint density at radius 1 is 1.10 bits per heavy atom. The van der Waals surface area contributed by atoms with E-state index in [1.54, 1.807) is 0 Å². The highest BCUT2D eigenvalue weighted by atomic mass is 32.2. The fourth-order valence-corrected chi connectivity index (χ4v) is 3.56. The van der Waals surface area contributed by atoms with Crippen LogP contribution in [0.1, 0.15) is 10.4 Å². The molecule has 0 saturated carbocycles. The Morgan fingerprint density at radius 3 is 2.33 bits per heavy atom. The van der Waals surface area contributed by atoms with Gasteiger partial charge in [-0.3, -0.25) is 9.59 Å². The summed E-state index contributed by atoms with van der Waals surface area (Å²) in [6.45, 7) is 2.94. The molecule has 2 aromatic carbocycles. The van der Waals surface area contributed by atoms with Crippen LogP contribution in [-0.2, 0) is 9.53 Å². The third-order valence-corrected chi connectivity index (χ3v) is 5.30. The number of thioether (sulfide) groups is 1. The first-order chi connectivity index (χ1) is 14.4. The van der Waals surface area contributed by atoms with Crippen molar-refractivity contribution in [3.63, 3.8) is 0 Å². The van der Waals surface area contributed by atoms with Crippen molar-refractivity contribution in [3.8, 4) is 0 Å². The third kappa shape index (κ3) is 6.17. The molecule has 2 amide bonds. The van der Waals surface area contributed by atoms with E-state index in [1.165, 1.54) is 36.2 Å². The number of alkyl halides is 2. The largest absolute Gasteiger partial charge is 0.378 e. The maximum atomic E-state index is 12.5. The smallest absolute Gasteiger partial charge is 0.288 e. The fourth-order valence-electron chi connectivity index (χ4n) is 3.06. The summed E-state index contributed by atoms with van der Waals surface area (Å²) in [6, 6.07) is 13.4. The molecular weight excluding hydrogens is 412 g/mol. The molecule has 0 radical (unpaired) electrons. The van der Waals surface area contributed by atoms with Gasteiger partial charge < -0.3 is 19.9 Å². The molecule has 9 heteroatoms. The second-order valence-electron chi connectivity index (χ2n) is 6.76. The van der Waals surface area contributed by atoms with Crippen LogP contribution in [0.15, 0.2) is 53.4 Å². The summed E-state index contributed by atoms with van der Waals surface area (Å²) < 4.78 is 30.1. The zero-order valence-electron chi connectivity index (χ0n) is 16.5. The minimum atomic E-state index is -2.51. The van der Waals surface area contributed by atoms with Crippen molar-refractivity contribution in [2.45, 2.75) is 10.7 Å². The van der Waals surface area contributed by atoms with Crippen molar-refractivity contribution in [1.82, 2.24) is 4.90 Å². The van der Waals surface area contributed by atoms with E-state index in [9.17, 15) is 18.4 Å². The fraction of sp³-hybridized carbons (Fsp3) is 0.333. The molecule has 1 aliphatic rings. The molecule has 2 aromatic rings. The van der Waals surface area contributed by atoms with E-state index in [1.807, 2.05) is 24.3 Å². The molecule has 1 aliphatic heterocycles. The second-order valence-corrected chi connectivity index (χ2v) is 7.82. The van der Waals surface area contributed by atoms with Crippen molar-refractivity contribution in [2.75, 3.05) is 50.1 Å². The highest BCUT2D eigenvalue weighted by Crippen LogP contribution is 2.25. The average Bonchev–Trinajstić information content (AvgIpc) is 2.74. The van der Waals surface area contributed by atoms with Gasteiger partial charge in [-0.1, -0.05) is 11.8 Å². The van der Waals surface area contributed by atoms with Crippen LogP contribution in [0, 0.1) is 0 Å². The Labute approximate surface area is 178 Å². The molecule has 0 aromatic heterocycles. The molecule has 30 heavy (non-hydrogen) atoms. The van der Waals surface area contributed by atoms with E-state index >= 15 is 0 Å². The van der Waals surface area contributed by atoms with Crippen LogP contribution < -0.4 is 10.2 Å². The number of benzene rings is 2. The van der Waals surface area contributed by atoms with E-state index < -0.39 is 5.76 Å². The number of hydrogen-bond donors (Lipinski definition) is 1. The van der Waals surface area contributed by atoms with Crippen LogP contribution in [0.25, 0.3) is 0 Å². The molecule has 1 heterocycles. The molecule has 1 N–H and O–H groups in total. The first kappa shape index (κ1) is 22.0. The van der Waals surface area contributed by atoms with Gasteiger partial charge in [0.2, 0.25) is 5.91 Å². The Hall–Kier alpha value is -2.65. The number of amides is 2. The number of ether oxygens (including phenoxy) is 1. The molecule has 3 rings (SSSR count). The van der Waals surface area contributed by atoms with Crippen LogP contribution in [0.5, 0.6) is 0 Å². The Morgan fingerprint density at radius 2 is 1.73 bits per heavy atom. The van der Waals surface area contributed by atoms with Gasteiger partial charge in [-0.05, 0) is 48.5 Å². The van der Waals surface area contributed by atoms with Crippen LogP contribution in [0.4, 0.5) is 20.2 Å². The molecule has 0 unspecified atom stereocenters. The Kier molecular flexibility index (Phi) is 7.64. The molecule has 0 aliphatic carbocycles. The molecule has 1 saturated heterocycles. The van der Waals surface area contributed by atoms with Crippen molar-refractivity contribution in [2.24, 2.45) is 0 Å². The Bertz CT molecular complexity index is 857. The van der Waals surface area contributed by atoms with Crippen molar-refractivity contribution in [1.29, 1.82) is 0 Å². The first-order valence-electron chi connectivity index (χ1n) is 9.45. The van der Waals surface area contributed by atoms with Gasteiger partial charge in [0.15, 0.2) is 0 Å². The highest BCUT2D eigenvalue weighted by molar-refractivity contribution is 7.99. The van der Waals surface area contributed by atoms with E-state index in [4.69, 9.17) is 4.74 Å². The average molecular weight is 435 g/mol. The summed E-state index contributed by atoms with van der Waals surface area (Å²) in [5.41, 5.74) is 2.04. The Balaban J connectivity index is 1.51. The lowest BCUT2D eigenvalue weighted by Crippen LogP contribution is -2.36. The number of nitrogens with zero attached hydrogens (tertiary/aromatic N) is 2. The number of carbonyl (C=O) groups excluding carboxylic acids is 2. The number of carbonyl (C=O) groups is 2. The maximum absolute atomic E-state index is 12.5. The predicted octanol–water partition coefficient (Wildman–Crippen LogP) is 3.55. The molecule has 0 bridgehead atoms. The minimum Gasteiger partial charge on any atom is -0.378 e. The molecule has 160 valence electrons. The quantitative estimate of drug-likeness (QED) is 0.674. The lowest BCUT2D eigenvalue weighted by atomic mass is 10.2. The van der Waals surface area contributed by atoms with E-state index in [0.29, 0.717) is 41.1 Å². The van der Waals surface area contributed by atoms with E-state index in [-0.39, 0.29) is 18.4 Å². The predicted molar refractivity (Wildman–Crippen MR) is 113 cm³/mol. The standard InChI is InChI=1S/C21H23F2N3O3S/c1-25(20(28)15-2-8-18(9-3-15)30-21(22)23)14-19(27)24-16-4-6-17(7-5-16)26-10-12-29-13-11-26/h2-9,21H,10-14H2,1H3,(H,24,27). The number of rotatable bonds is 7. The summed E-state index contributed by atoms with van der Waals surface area (Å²) in [6.07, 6.45) is 0. The summed E-state index contributed by atoms with van der Waals surface area (Å²) in [5, 5.41) is 2.78. The zero-order valence-corrected chi connectivity index (χ0v) is 17.3.